The Morgan fingerprint density at radius 2 is 1.55 bits per heavy atom. The SMILES string of the molecule is CC(C)c1ccc2c(C(=O)O)cc(-c3cccc(CNS(=O)(=O)c4ccccc4)c3)c-2cc1. The van der Waals surface area contributed by atoms with Crippen LogP contribution in [-0.4, -0.2) is 19.5 Å². The third kappa shape index (κ3) is 4.82. The van der Waals surface area contributed by atoms with Crippen molar-refractivity contribution < 1.29 is 18.3 Å². The highest BCUT2D eigenvalue weighted by atomic mass is 32.2. The molecule has 2 aromatic rings. The summed E-state index contributed by atoms with van der Waals surface area (Å²) in [6, 6.07) is 25.3. The highest BCUT2D eigenvalue weighted by Gasteiger charge is 2.21. The van der Waals surface area contributed by atoms with Gasteiger partial charge < -0.3 is 5.11 Å². The fourth-order valence-electron chi connectivity index (χ4n) is 3.87. The summed E-state index contributed by atoms with van der Waals surface area (Å²) in [6.07, 6.45) is 0. The van der Waals surface area contributed by atoms with Crippen LogP contribution in [0.4, 0.5) is 0 Å². The summed E-state index contributed by atoms with van der Waals surface area (Å²) in [4.78, 5) is 12.1. The predicted octanol–water partition coefficient (Wildman–Crippen LogP) is 5.76. The van der Waals surface area contributed by atoms with E-state index in [1.807, 2.05) is 48.5 Å². The molecule has 6 heteroatoms. The molecule has 0 atom stereocenters. The number of hydrogen-bond acceptors (Lipinski definition) is 3. The molecule has 33 heavy (non-hydrogen) atoms. The molecule has 0 aliphatic heterocycles. The number of benzene rings is 2. The van der Waals surface area contributed by atoms with E-state index in [-0.39, 0.29) is 17.0 Å². The molecule has 0 saturated heterocycles. The molecule has 0 amide bonds. The van der Waals surface area contributed by atoms with Gasteiger partial charge in [-0.2, -0.15) is 0 Å². The maximum Gasteiger partial charge on any atom is 0.336 e. The van der Waals surface area contributed by atoms with Crippen LogP contribution in [0, 0.1) is 0 Å². The molecule has 0 spiro atoms. The van der Waals surface area contributed by atoms with E-state index in [1.165, 1.54) is 0 Å². The van der Waals surface area contributed by atoms with Gasteiger partial charge in [0.2, 0.25) is 10.0 Å². The zero-order valence-corrected chi connectivity index (χ0v) is 19.3. The third-order valence-corrected chi connectivity index (χ3v) is 7.12. The first-order valence-electron chi connectivity index (χ1n) is 10.7. The number of nitrogens with one attached hydrogen (secondary N) is 1. The first-order chi connectivity index (χ1) is 15.8. The Kier molecular flexibility index (Phi) is 6.31. The summed E-state index contributed by atoms with van der Waals surface area (Å²) in [5.41, 5.74) is 5.32. The van der Waals surface area contributed by atoms with Gasteiger partial charge in [0.05, 0.1) is 10.5 Å². The normalized spacial score (nSPS) is 11.7. The van der Waals surface area contributed by atoms with Gasteiger partial charge in [-0.3, -0.25) is 0 Å². The van der Waals surface area contributed by atoms with Crippen molar-refractivity contribution in [3.05, 3.63) is 102 Å². The maximum absolute atomic E-state index is 12.6. The minimum atomic E-state index is -3.63. The molecule has 5 nitrogen and oxygen atoms in total. The molecule has 0 fully saturated rings. The number of aromatic carboxylic acids is 1. The van der Waals surface area contributed by atoms with Crippen molar-refractivity contribution in [2.75, 3.05) is 0 Å². The summed E-state index contributed by atoms with van der Waals surface area (Å²) in [5.74, 6) is -0.658. The lowest BCUT2D eigenvalue weighted by Gasteiger charge is -2.09. The van der Waals surface area contributed by atoms with Crippen molar-refractivity contribution >= 4 is 16.0 Å². The lowest BCUT2D eigenvalue weighted by atomic mass is 10.0. The molecule has 0 aromatic heterocycles. The molecular weight excluding hydrogens is 434 g/mol. The molecule has 4 rings (SSSR count). The lowest BCUT2D eigenvalue weighted by Crippen LogP contribution is -2.23. The van der Waals surface area contributed by atoms with Gasteiger partial charge >= 0.3 is 5.97 Å². The molecule has 168 valence electrons. The van der Waals surface area contributed by atoms with E-state index in [0.29, 0.717) is 11.5 Å². The number of fused-ring (bicyclic) bond motifs is 1. The van der Waals surface area contributed by atoms with Crippen LogP contribution in [0.15, 0.2) is 89.8 Å². The topological polar surface area (TPSA) is 83.5 Å². The van der Waals surface area contributed by atoms with Gasteiger partial charge in [-0.05, 0) is 63.6 Å². The molecule has 2 aromatic carbocycles. The Morgan fingerprint density at radius 1 is 0.848 bits per heavy atom. The minimum Gasteiger partial charge on any atom is -0.478 e. The van der Waals surface area contributed by atoms with Gasteiger partial charge in [-0.1, -0.05) is 74.5 Å². The molecule has 0 radical (unpaired) electrons. The summed E-state index contributed by atoms with van der Waals surface area (Å²) in [7, 11) is -3.63. The van der Waals surface area contributed by atoms with Crippen LogP contribution in [-0.2, 0) is 16.6 Å². The number of hydrogen-bond donors (Lipinski definition) is 2. The van der Waals surface area contributed by atoms with Crippen LogP contribution < -0.4 is 4.72 Å². The van der Waals surface area contributed by atoms with Gasteiger partial charge in [0.15, 0.2) is 0 Å². The van der Waals surface area contributed by atoms with Crippen LogP contribution in [0.1, 0.15) is 41.3 Å². The number of rotatable bonds is 7. The zero-order chi connectivity index (χ0) is 23.6. The van der Waals surface area contributed by atoms with Gasteiger partial charge in [-0.25, -0.2) is 17.9 Å². The van der Waals surface area contributed by atoms with Crippen molar-refractivity contribution in [2.24, 2.45) is 0 Å². The highest BCUT2D eigenvalue weighted by molar-refractivity contribution is 7.89. The Hall–Kier alpha value is -3.48. The molecule has 2 aliphatic rings. The second kappa shape index (κ2) is 9.17. The van der Waals surface area contributed by atoms with Crippen LogP contribution in [0.3, 0.4) is 0 Å². The van der Waals surface area contributed by atoms with E-state index in [1.54, 1.807) is 36.4 Å². The van der Waals surface area contributed by atoms with Crippen LogP contribution in [0.2, 0.25) is 0 Å². The third-order valence-electron chi connectivity index (χ3n) is 5.70. The van der Waals surface area contributed by atoms with Crippen molar-refractivity contribution in [1.82, 2.24) is 4.72 Å². The average Bonchev–Trinajstić information content (AvgIpc) is 3.03. The van der Waals surface area contributed by atoms with E-state index in [2.05, 4.69) is 18.6 Å². The molecule has 0 heterocycles. The van der Waals surface area contributed by atoms with Gasteiger partial charge in [-0.15, -0.1) is 0 Å². The van der Waals surface area contributed by atoms with E-state index in [4.69, 9.17) is 0 Å². The number of carboxylic acid groups (broad SMARTS) is 1. The Labute approximate surface area is 194 Å². The molecule has 0 bridgehead atoms. The standard InChI is InChI=1S/C27H25NO4S/c1-18(2)20-11-13-23-24(14-12-20)26(27(29)30)16-25(23)21-8-6-7-19(15-21)17-28-33(31,32)22-9-4-3-5-10-22/h3-16,18,28H,17H2,1-2H3,(H,29,30). The van der Waals surface area contributed by atoms with Crippen LogP contribution in [0.25, 0.3) is 22.3 Å². The first kappa shape index (κ1) is 22.7. The lowest BCUT2D eigenvalue weighted by molar-refractivity contribution is 0.0698. The number of sulfonamides is 1. The fraction of sp³-hybridized carbons (Fsp3) is 0.148. The number of carbonyl (C=O) groups is 1. The van der Waals surface area contributed by atoms with Crippen molar-refractivity contribution in [1.29, 1.82) is 0 Å². The summed E-state index contributed by atoms with van der Waals surface area (Å²) in [5, 5.41) is 9.76. The molecular formula is C27H25NO4S. The van der Waals surface area contributed by atoms with Gasteiger partial charge in [0, 0.05) is 6.54 Å². The van der Waals surface area contributed by atoms with E-state index < -0.39 is 16.0 Å². The Morgan fingerprint density at radius 3 is 2.21 bits per heavy atom. The van der Waals surface area contributed by atoms with Crippen molar-refractivity contribution in [2.45, 2.75) is 31.2 Å². The molecule has 2 aliphatic carbocycles. The monoisotopic (exact) mass is 459 g/mol. The Bertz CT molecular complexity index is 1380. The zero-order valence-electron chi connectivity index (χ0n) is 18.4. The van der Waals surface area contributed by atoms with E-state index in [0.717, 1.165) is 27.8 Å². The molecule has 0 saturated carbocycles. The van der Waals surface area contributed by atoms with E-state index in [9.17, 15) is 18.3 Å². The minimum absolute atomic E-state index is 0.126. The highest BCUT2D eigenvalue weighted by Crippen LogP contribution is 2.39. The summed E-state index contributed by atoms with van der Waals surface area (Å²) >= 11 is 0. The smallest absolute Gasteiger partial charge is 0.336 e. The molecule has 2 N–H and O–H groups in total. The predicted molar refractivity (Wildman–Crippen MR) is 130 cm³/mol. The number of carboxylic acids is 1. The van der Waals surface area contributed by atoms with Gasteiger partial charge in [0.1, 0.15) is 0 Å². The largest absolute Gasteiger partial charge is 0.478 e. The first-order valence-corrected chi connectivity index (χ1v) is 12.2. The van der Waals surface area contributed by atoms with Gasteiger partial charge in [0.25, 0.3) is 0 Å². The Balaban J connectivity index is 1.70. The van der Waals surface area contributed by atoms with Crippen LogP contribution >= 0.6 is 0 Å². The second-order valence-corrected chi connectivity index (χ2v) is 10.0. The van der Waals surface area contributed by atoms with Crippen molar-refractivity contribution in [3.8, 4) is 22.3 Å². The summed E-state index contributed by atoms with van der Waals surface area (Å²) < 4.78 is 27.8. The van der Waals surface area contributed by atoms with Crippen LogP contribution in [0.5, 0.6) is 0 Å². The van der Waals surface area contributed by atoms with E-state index >= 15 is 0 Å². The quantitative estimate of drug-likeness (QED) is 0.368. The maximum atomic E-state index is 12.6. The molecule has 0 unspecified atom stereocenters. The fourth-order valence-corrected chi connectivity index (χ4v) is 4.91. The van der Waals surface area contributed by atoms with Crippen molar-refractivity contribution in [3.63, 3.8) is 0 Å². The summed E-state index contributed by atoms with van der Waals surface area (Å²) in [6.45, 7) is 4.32. The average molecular weight is 460 g/mol. The second-order valence-electron chi connectivity index (χ2n) is 8.26.